The van der Waals surface area contributed by atoms with Crippen molar-refractivity contribution in [1.82, 2.24) is 9.78 Å². The highest BCUT2D eigenvalue weighted by Crippen LogP contribution is 2.22. The first-order valence-electron chi connectivity index (χ1n) is 9.08. The van der Waals surface area contributed by atoms with Crippen LogP contribution in [0, 0.1) is 17.0 Å². The highest BCUT2D eigenvalue weighted by Gasteiger charge is 2.25. The van der Waals surface area contributed by atoms with Crippen LogP contribution in [-0.4, -0.2) is 45.1 Å². The number of fused-ring (bicyclic) bond motifs is 1. The van der Waals surface area contributed by atoms with Gasteiger partial charge in [0.2, 0.25) is 6.10 Å². The van der Waals surface area contributed by atoms with Crippen molar-refractivity contribution in [3.8, 4) is 5.75 Å². The van der Waals surface area contributed by atoms with E-state index in [2.05, 4.69) is 5.10 Å². The number of nitro benzene ring substituents is 1. The average molecular weight is 429 g/mol. The van der Waals surface area contributed by atoms with Crippen LogP contribution in [0.15, 0.2) is 42.6 Å². The standard InChI is InChI=1S/C20H19N3O8/c1-12-7-13(8-14-10-22(11-29-2)21-18(12)14)9-17(19(24)25)31-20(26)30-16-5-3-15(4-6-16)23(27)28/h3-8,10,17H,9,11H2,1-2H3,(H,24,25). The van der Waals surface area contributed by atoms with Gasteiger partial charge in [0.25, 0.3) is 5.69 Å². The van der Waals surface area contributed by atoms with Crippen LogP contribution in [0.1, 0.15) is 11.1 Å². The third-order valence-corrected chi connectivity index (χ3v) is 4.35. The number of carbonyl (C=O) groups is 2. The van der Waals surface area contributed by atoms with Crippen LogP contribution in [0.4, 0.5) is 10.5 Å². The first-order valence-corrected chi connectivity index (χ1v) is 9.08. The third kappa shape index (κ3) is 5.34. The van der Waals surface area contributed by atoms with Crippen LogP contribution < -0.4 is 4.74 Å². The molecular formula is C20H19N3O8. The summed E-state index contributed by atoms with van der Waals surface area (Å²) in [6, 6.07) is 8.27. The molecule has 1 unspecified atom stereocenters. The minimum absolute atomic E-state index is 0.0115. The molecule has 1 N–H and O–H groups in total. The number of benzene rings is 2. The Bertz CT molecular complexity index is 1120. The van der Waals surface area contributed by atoms with Crippen LogP contribution in [0.25, 0.3) is 10.9 Å². The maximum absolute atomic E-state index is 12.0. The second-order valence-corrected chi connectivity index (χ2v) is 6.69. The molecule has 0 spiro atoms. The van der Waals surface area contributed by atoms with Crippen molar-refractivity contribution in [3.63, 3.8) is 0 Å². The van der Waals surface area contributed by atoms with E-state index in [1.807, 2.05) is 6.92 Å². The van der Waals surface area contributed by atoms with E-state index in [0.717, 1.165) is 28.6 Å². The molecule has 1 heterocycles. The Morgan fingerprint density at radius 2 is 1.97 bits per heavy atom. The number of carboxylic acid groups (broad SMARTS) is 1. The molecule has 11 nitrogen and oxygen atoms in total. The first kappa shape index (κ1) is 21.7. The van der Waals surface area contributed by atoms with Crippen molar-refractivity contribution < 1.29 is 33.8 Å². The molecule has 0 amide bonds. The van der Waals surface area contributed by atoms with Crippen LogP contribution in [0.3, 0.4) is 0 Å². The molecule has 1 atom stereocenters. The minimum atomic E-state index is -1.49. The number of aromatic nitrogens is 2. The minimum Gasteiger partial charge on any atom is -0.478 e. The zero-order valence-electron chi connectivity index (χ0n) is 16.7. The molecule has 0 aliphatic carbocycles. The third-order valence-electron chi connectivity index (χ3n) is 4.35. The molecule has 31 heavy (non-hydrogen) atoms. The van der Waals surface area contributed by atoms with Crippen LogP contribution in [-0.2, 0) is 27.4 Å². The summed E-state index contributed by atoms with van der Waals surface area (Å²) in [7, 11) is 1.55. The van der Waals surface area contributed by atoms with Crippen molar-refractivity contribution in [2.75, 3.05) is 7.11 Å². The second-order valence-electron chi connectivity index (χ2n) is 6.69. The SMILES string of the molecule is COCn1cc2cc(CC(OC(=O)Oc3ccc([N+](=O)[O-])cc3)C(=O)O)cc(C)c2n1. The first-order chi connectivity index (χ1) is 14.8. The number of carbonyl (C=O) groups excluding carboxylic acids is 1. The summed E-state index contributed by atoms with van der Waals surface area (Å²) in [5, 5.41) is 25.3. The molecule has 0 aliphatic heterocycles. The fourth-order valence-electron chi connectivity index (χ4n) is 3.02. The lowest BCUT2D eigenvalue weighted by Crippen LogP contribution is -2.30. The van der Waals surface area contributed by atoms with Crippen molar-refractivity contribution in [3.05, 3.63) is 63.8 Å². The lowest BCUT2D eigenvalue weighted by Gasteiger charge is -2.14. The van der Waals surface area contributed by atoms with E-state index >= 15 is 0 Å². The van der Waals surface area contributed by atoms with Gasteiger partial charge in [-0.05, 0) is 36.2 Å². The van der Waals surface area contributed by atoms with Gasteiger partial charge in [-0.2, -0.15) is 5.10 Å². The van der Waals surface area contributed by atoms with Crippen LogP contribution in [0.2, 0.25) is 0 Å². The van der Waals surface area contributed by atoms with Gasteiger partial charge in [-0.15, -0.1) is 0 Å². The molecule has 11 heteroatoms. The number of hydrogen-bond acceptors (Lipinski definition) is 8. The summed E-state index contributed by atoms with van der Waals surface area (Å²) in [5.74, 6) is -1.35. The van der Waals surface area contributed by atoms with Gasteiger partial charge < -0.3 is 19.3 Å². The van der Waals surface area contributed by atoms with Gasteiger partial charge in [0.1, 0.15) is 12.5 Å². The van der Waals surface area contributed by atoms with E-state index in [-0.39, 0.29) is 24.6 Å². The number of rotatable bonds is 8. The van der Waals surface area contributed by atoms with E-state index in [0.29, 0.717) is 5.56 Å². The zero-order chi connectivity index (χ0) is 22.5. The van der Waals surface area contributed by atoms with E-state index in [1.165, 1.54) is 12.1 Å². The molecule has 3 aromatic rings. The lowest BCUT2D eigenvalue weighted by atomic mass is 10.0. The number of non-ortho nitro benzene ring substituents is 1. The summed E-state index contributed by atoms with van der Waals surface area (Å²) < 4.78 is 16.5. The molecule has 0 saturated carbocycles. The Hall–Kier alpha value is -3.99. The molecule has 3 rings (SSSR count). The monoisotopic (exact) mass is 429 g/mol. The van der Waals surface area contributed by atoms with Crippen molar-refractivity contribution >= 4 is 28.7 Å². The normalized spacial score (nSPS) is 11.8. The number of nitrogens with zero attached hydrogens (tertiary/aromatic N) is 3. The number of aryl methyl sites for hydroxylation is 1. The largest absolute Gasteiger partial charge is 0.514 e. The number of hydrogen-bond donors (Lipinski definition) is 1. The molecule has 0 fully saturated rings. The van der Waals surface area contributed by atoms with Crippen molar-refractivity contribution in [2.45, 2.75) is 26.2 Å². The lowest BCUT2D eigenvalue weighted by molar-refractivity contribution is -0.384. The highest BCUT2D eigenvalue weighted by atomic mass is 16.7. The predicted octanol–water partition coefficient (Wildman–Crippen LogP) is 3.07. The molecule has 162 valence electrons. The van der Waals surface area contributed by atoms with Gasteiger partial charge >= 0.3 is 12.1 Å². The Balaban J connectivity index is 1.71. The molecule has 0 aliphatic rings. The molecule has 0 bridgehead atoms. The summed E-state index contributed by atoms with van der Waals surface area (Å²) >= 11 is 0. The fraction of sp³-hybridized carbons (Fsp3) is 0.250. The van der Waals surface area contributed by atoms with E-state index in [9.17, 15) is 24.8 Å². The number of carboxylic acids is 1. The number of aliphatic carboxylic acids is 1. The molecule has 1 aromatic heterocycles. The topological polar surface area (TPSA) is 143 Å². The summed E-state index contributed by atoms with van der Waals surface area (Å²) in [6.45, 7) is 2.12. The van der Waals surface area contributed by atoms with E-state index in [4.69, 9.17) is 14.2 Å². The zero-order valence-corrected chi connectivity index (χ0v) is 16.7. The highest BCUT2D eigenvalue weighted by molar-refractivity contribution is 5.83. The maximum atomic E-state index is 12.0. The predicted molar refractivity (Wildman–Crippen MR) is 107 cm³/mol. The van der Waals surface area contributed by atoms with Gasteiger partial charge in [-0.1, -0.05) is 6.07 Å². The fourth-order valence-corrected chi connectivity index (χ4v) is 3.02. The Labute approximate surface area is 175 Å². The van der Waals surface area contributed by atoms with Gasteiger partial charge in [0.05, 0.1) is 10.4 Å². The Morgan fingerprint density at radius 1 is 1.26 bits per heavy atom. The second kappa shape index (κ2) is 9.22. The molecule has 0 saturated heterocycles. The average Bonchev–Trinajstić information content (AvgIpc) is 3.11. The number of nitro groups is 1. The molecular weight excluding hydrogens is 410 g/mol. The maximum Gasteiger partial charge on any atom is 0.514 e. The van der Waals surface area contributed by atoms with E-state index < -0.39 is 23.2 Å². The van der Waals surface area contributed by atoms with Crippen molar-refractivity contribution in [1.29, 1.82) is 0 Å². The van der Waals surface area contributed by atoms with Crippen LogP contribution >= 0.6 is 0 Å². The number of methoxy groups -OCH3 is 1. The smallest absolute Gasteiger partial charge is 0.478 e. The molecule has 2 aromatic carbocycles. The molecule has 0 radical (unpaired) electrons. The summed E-state index contributed by atoms with van der Waals surface area (Å²) in [5.41, 5.74) is 2.05. The van der Waals surface area contributed by atoms with Gasteiger partial charge in [0, 0.05) is 37.2 Å². The van der Waals surface area contributed by atoms with Crippen LogP contribution in [0.5, 0.6) is 5.75 Å². The summed E-state index contributed by atoms with van der Waals surface area (Å²) in [6.07, 6.45) is -1.03. The van der Waals surface area contributed by atoms with Gasteiger partial charge in [0.15, 0.2) is 0 Å². The van der Waals surface area contributed by atoms with Crippen molar-refractivity contribution in [2.24, 2.45) is 0 Å². The van der Waals surface area contributed by atoms with Gasteiger partial charge in [-0.3, -0.25) is 10.1 Å². The Kier molecular flexibility index (Phi) is 6.46. The quantitative estimate of drug-likeness (QED) is 0.247. The summed E-state index contributed by atoms with van der Waals surface area (Å²) in [4.78, 5) is 33.7. The number of ether oxygens (including phenoxy) is 3. The van der Waals surface area contributed by atoms with E-state index in [1.54, 1.807) is 30.1 Å². The Morgan fingerprint density at radius 3 is 2.58 bits per heavy atom. The van der Waals surface area contributed by atoms with Gasteiger partial charge in [-0.25, -0.2) is 14.3 Å².